The summed E-state index contributed by atoms with van der Waals surface area (Å²) in [5.74, 6) is 0. The summed E-state index contributed by atoms with van der Waals surface area (Å²) < 4.78 is 12.1. The quantitative estimate of drug-likeness (QED) is 0.438. The van der Waals surface area contributed by atoms with Crippen LogP contribution in [0.15, 0.2) is 20.9 Å². The molecular weight excluding hydrogens is 282 g/mol. The lowest BCUT2D eigenvalue weighted by molar-refractivity contribution is -0.0613. The maximum Gasteiger partial charge on any atom is 0.330 e. The van der Waals surface area contributed by atoms with Crippen LogP contribution < -0.4 is 11.2 Å². The molecule has 1 aromatic rings. The van der Waals surface area contributed by atoms with Crippen LogP contribution >= 0.6 is 0 Å². The van der Waals surface area contributed by atoms with Gasteiger partial charge < -0.3 is 14.6 Å². The zero-order valence-corrected chi connectivity index (χ0v) is 11.3. The number of azide groups is 1. The number of hydrogen-bond donors (Lipinski definition) is 2. The van der Waals surface area contributed by atoms with E-state index in [1.807, 2.05) is 0 Å². The van der Waals surface area contributed by atoms with Crippen molar-refractivity contribution in [3.63, 3.8) is 0 Å². The molecule has 1 aliphatic rings. The zero-order valence-electron chi connectivity index (χ0n) is 11.3. The minimum absolute atomic E-state index is 0.187. The first-order valence-electron chi connectivity index (χ1n) is 6.27. The summed E-state index contributed by atoms with van der Waals surface area (Å²) in [6, 6.07) is 0. The van der Waals surface area contributed by atoms with Gasteiger partial charge in [0.25, 0.3) is 5.56 Å². The van der Waals surface area contributed by atoms with Crippen molar-refractivity contribution in [1.82, 2.24) is 9.55 Å². The third-order valence-corrected chi connectivity index (χ3v) is 3.23. The second-order valence-corrected chi connectivity index (χ2v) is 4.59. The van der Waals surface area contributed by atoms with Crippen molar-refractivity contribution in [2.75, 3.05) is 13.3 Å². The highest BCUT2D eigenvalue weighted by molar-refractivity contribution is 5.02. The molecule has 0 spiro atoms. The molecule has 0 bridgehead atoms. The first-order valence-corrected chi connectivity index (χ1v) is 6.27. The summed E-state index contributed by atoms with van der Waals surface area (Å²) in [5, 5.41) is 12.5. The van der Waals surface area contributed by atoms with Gasteiger partial charge in [0.15, 0.2) is 0 Å². The Balaban J connectivity index is 2.19. The fourth-order valence-electron chi connectivity index (χ4n) is 2.17. The highest BCUT2D eigenvalue weighted by Crippen LogP contribution is 2.29. The Labute approximate surface area is 118 Å². The fraction of sp³-hybridized carbons (Fsp3) is 0.636. The van der Waals surface area contributed by atoms with Gasteiger partial charge in [0, 0.05) is 23.1 Å². The van der Waals surface area contributed by atoms with Crippen molar-refractivity contribution in [1.29, 1.82) is 0 Å². The van der Waals surface area contributed by atoms with E-state index in [4.69, 9.17) is 15.0 Å². The Morgan fingerprint density at radius 2 is 2.43 bits per heavy atom. The number of rotatable bonds is 5. The smallest absolute Gasteiger partial charge is 0.330 e. The molecule has 0 amide bonds. The highest BCUT2D eigenvalue weighted by Gasteiger charge is 2.37. The molecule has 2 rings (SSSR count). The van der Waals surface area contributed by atoms with Crippen molar-refractivity contribution in [3.05, 3.63) is 43.0 Å². The van der Waals surface area contributed by atoms with Gasteiger partial charge in [0.05, 0.1) is 12.7 Å². The monoisotopic (exact) mass is 297 g/mol. The topological polar surface area (TPSA) is 142 Å². The maximum absolute atomic E-state index is 11.8. The molecule has 2 heterocycles. The first kappa shape index (κ1) is 15.3. The molecule has 0 radical (unpaired) electrons. The van der Waals surface area contributed by atoms with Crippen LogP contribution in [0.25, 0.3) is 10.4 Å². The van der Waals surface area contributed by atoms with E-state index in [1.165, 1.54) is 10.8 Å². The van der Waals surface area contributed by atoms with E-state index in [9.17, 15) is 14.7 Å². The molecule has 2 N–H and O–H groups in total. The van der Waals surface area contributed by atoms with Gasteiger partial charge in [0.1, 0.15) is 19.1 Å². The molecule has 1 fully saturated rings. The molecule has 0 aromatic carbocycles. The summed E-state index contributed by atoms with van der Waals surface area (Å²) in [6.45, 7) is 1.09. The number of hydrogen-bond acceptors (Lipinski definition) is 6. The summed E-state index contributed by atoms with van der Waals surface area (Å²) in [6.07, 6.45) is -0.123. The number of aliphatic hydroxyl groups excluding tert-OH is 1. The molecule has 0 saturated carbocycles. The van der Waals surface area contributed by atoms with Crippen molar-refractivity contribution >= 4 is 0 Å². The summed E-state index contributed by atoms with van der Waals surface area (Å²) in [4.78, 5) is 27.9. The van der Waals surface area contributed by atoms with Gasteiger partial charge in [-0.15, -0.1) is 0 Å². The van der Waals surface area contributed by atoms with Crippen LogP contribution in [0.2, 0.25) is 0 Å². The molecular formula is C11H15N5O5. The Morgan fingerprint density at radius 1 is 1.67 bits per heavy atom. The van der Waals surface area contributed by atoms with Crippen molar-refractivity contribution in [2.45, 2.75) is 31.8 Å². The largest absolute Gasteiger partial charge is 0.394 e. The van der Waals surface area contributed by atoms with Crippen LogP contribution in [0.1, 0.15) is 18.2 Å². The predicted molar refractivity (Wildman–Crippen MR) is 70.6 cm³/mol. The second-order valence-electron chi connectivity index (χ2n) is 4.59. The van der Waals surface area contributed by atoms with Gasteiger partial charge in [-0.1, -0.05) is 5.11 Å². The zero-order chi connectivity index (χ0) is 15.4. The molecule has 0 aliphatic carbocycles. The number of aromatic amines is 1. The molecule has 1 aliphatic heterocycles. The van der Waals surface area contributed by atoms with E-state index in [-0.39, 0.29) is 19.8 Å². The molecule has 10 heteroatoms. The molecule has 3 atom stereocenters. The summed E-state index contributed by atoms with van der Waals surface area (Å²) in [5.41, 5.74) is 7.53. The standard InChI is InChI=1S/C11H15N5O5/c1-6-3-16(11(19)14-10(6)18)9-2-7(8(4-17)21-9)20-5-13-15-12/h3,7-9,17H,2,4-5H2,1H3,(H,14,18,19)/t7-,8+,9+/m0/s1. The van der Waals surface area contributed by atoms with Crippen LogP contribution in [0.4, 0.5) is 0 Å². The number of aryl methyl sites for hydroxylation is 1. The van der Waals surface area contributed by atoms with Gasteiger partial charge in [0.2, 0.25) is 0 Å². The van der Waals surface area contributed by atoms with E-state index in [0.29, 0.717) is 5.56 Å². The van der Waals surface area contributed by atoms with E-state index in [1.54, 1.807) is 6.92 Å². The normalized spacial score (nSPS) is 24.8. The molecule has 1 saturated heterocycles. The van der Waals surface area contributed by atoms with Gasteiger partial charge in [-0.2, -0.15) is 0 Å². The van der Waals surface area contributed by atoms with Crippen LogP contribution in [0, 0.1) is 6.92 Å². The molecule has 21 heavy (non-hydrogen) atoms. The summed E-state index contributed by atoms with van der Waals surface area (Å²) in [7, 11) is 0. The summed E-state index contributed by atoms with van der Waals surface area (Å²) >= 11 is 0. The molecule has 10 nitrogen and oxygen atoms in total. The van der Waals surface area contributed by atoms with Crippen molar-refractivity contribution in [3.8, 4) is 0 Å². The fourth-order valence-corrected chi connectivity index (χ4v) is 2.17. The lowest BCUT2D eigenvalue weighted by Crippen LogP contribution is -2.33. The van der Waals surface area contributed by atoms with Gasteiger partial charge in [-0.3, -0.25) is 14.3 Å². The van der Waals surface area contributed by atoms with Crippen molar-refractivity contribution < 1.29 is 14.6 Å². The van der Waals surface area contributed by atoms with Crippen LogP contribution in [-0.4, -0.2) is 40.2 Å². The third-order valence-electron chi connectivity index (χ3n) is 3.23. The molecule has 1 aromatic heterocycles. The Hall–Kier alpha value is -2.13. The number of nitrogens with zero attached hydrogens (tertiary/aromatic N) is 4. The van der Waals surface area contributed by atoms with Gasteiger partial charge in [-0.05, 0) is 12.5 Å². The van der Waals surface area contributed by atoms with Crippen LogP contribution in [0.5, 0.6) is 0 Å². The average Bonchev–Trinajstić information content (AvgIpc) is 2.86. The second kappa shape index (κ2) is 6.55. The van der Waals surface area contributed by atoms with E-state index in [0.717, 1.165) is 0 Å². The number of aliphatic hydroxyl groups is 1. The lowest BCUT2D eigenvalue weighted by atomic mass is 10.2. The van der Waals surface area contributed by atoms with Crippen LogP contribution in [-0.2, 0) is 9.47 Å². The SMILES string of the molecule is Cc1cn([C@H]2C[C@H](OCN=[N+]=[N-])[C@@H](CO)O2)c(=O)[nH]c1=O. The predicted octanol–water partition coefficient (Wildman–Crippen LogP) is -0.222. The number of nitrogens with one attached hydrogen (secondary N) is 1. The van der Waals surface area contributed by atoms with E-state index < -0.39 is 29.7 Å². The number of H-pyrrole nitrogens is 1. The van der Waals surface area contributed by atoms with Gasteiger partial charge in [-0.25, -0.2) is 4.79 Å². The first-order chi connectivity index (χ1) is 10.1. The third kappa shape index (κ3) is 3.31. The average molecular weight is 297 g/mol. The number of ether oxygens (including phenoxy) is 2. The number of aromatic nitrogens is 2. The Morgan fingerprint density at radius 3 is 3.10 bits per heavy atom. The van der Waals surface area contributed by atoms with E-state index in [2.05, 4.69) is 15.0 Å². The molecule has 114 valence electrons. The molecule has 0 unspecified atom stereocenters. The Bertz CT molecular complexity index is 662. The maximum atomic E-state index is 11.8. The van der Waals surface area contributed by atoms with Gasteiger partial charge >= 0.3 is 5.69 Å². The minimum Gasteiger partial charge on any atom is -0.394 e. The van der Waals surface area contributed by atoms with Crippen molar-refractivity contribution in [2.24, 2.45) is 5.11 Å². The minimum atomic E-state index is -0.665. The lowest BCUT2D eigenvalue weighted by Gasteiger charge is -2.15. The van der Waals surface area contributed by atoms with E-state index >= 15 is 0 Å². The highest BCUT2D eigenvalue weighted by atomic mass is 16.6. The van der Waals surface area contributed by atoms with Crippen LogP contribution in [0.3, 0.4) is 0 Å². The Kier molecular flexibility index (Phi) is 4.76.